The fourth-order valence-electron chi connectivity index (χ4n) is 7.78. The second-order valence-corrected chi connectivity index (χ2v) is 17.6. The number of benzene rings is 1. The van der Waals surface area contributed by atoms with E-state index < -0.39 is 39.3 Å². The fourth-order valence-corrected chi connectivity index (χ4v) is 9.51. The zero-order valence-electron chi connectivity index (χ0n) is 33.3. The molecule has 5 heterocycles. The van der Waals surface area contributed by atoms with Crippen molar-refractivity contribution in [3.8, 4) is 0 Å². The van der Waals surface area contributed by atoms with Crippen molar-refractivity contribution in [2.75, 3.05) is 57.9 Å². The van der Waals surface area contributed by atoms with Gasteiger partial charge in [0.2, 0.25) is 15.8 Å². The molecule has 310 valence electrons. The molecule has 0 aliphatic carbocycles. The predicted octanol–water partition coefficient (Wildman–Crippen LogP) is 5.99. The van der Waals surface area contributed by atoms with Crippen molar-refractivity contribution in [3.63, 3.8) is 0 Å². The van der Waals surface area contributed by atoms with Gasteiger partial charge >= 0.3 is 12.1 Å². The second-order valence-electron chi connectivity index (χ2n) is 15.7. The monoisotopic (exact) mass is 815 g/mol. The fraction of sp³-hybridized carbons (Fsp3) is 0.550. The summed E-state index contributed by atoms with van der Waals surface area (Å²) in [5.41, 5.74) is 2.48. The Hall–Kier alpha value is -4.16. The van der Waals surface area contributed by atoms with E-state index in [1.165, 1.54) is 16.6 Å². The summed E-state index contributed by atoms with van der Waals surface area (Å²) in [4.78, 5) is 20.2. The zero-order valence-corrected chi connectivity index (χ0v) is 34.1. The molecule has 3 aromatic heterocycles. The second kappa shape index (κ2) is 17.0. The van der Waals surface area contributed by atoms with Gasteiger partial charge in [0.25, 0.3) is 0 Å². The third-order valence-corrected chi connectivity index (χ3v) is 12.9. The number of anilines is 1. The minimum Gasteiger partial charge on any atom is -0.481 e. The molecule has 2 aliphatic heterocycles. The summed E-state index contributed by atoms with van der Waals surface area (Å²) in [5.74, 6) is -2.53. The van der Waals surface area contributed by atoms with Crippen molar-refractivity contribution in [3.05, 3.63) is 81.4 Å². The van der Waals surface area contributed by atoms with Gasteiger partial charge in [-0.2, -0.15) is 17.5 Å². The van der Waals surface area contributed by atoms with Gasteiger partial charge in [0, 0.05) is 64.1 Å². The Morgan fingerprint density at radius 3 is 2.37 bits per heavy atom. The third-order valence-electron chi connectivity index (χ3n) is 11.0. The summed E-state index contributed by atoms with van der Waals surface area (Å²) >= 11 is 0. The number of fused-ring (bicyclic) bond motifs is 2. The van der Waals surface area contributed by atoms with Crippen molar-refractivity contribution < 1.29 is 41.0 Å². The van der Waals surface area contributed by atoms with Crippen LogP contribution in [0.3, 0.4) is 0 Å². The molecule has 2 aliphatic rings. The number of nitrogens with one attached hydrogen (secondary N) is 1. The number of hydrogen-bond donors (Lipinski definition) is 2. The molecular weight excluding hydrogens is 764 g/mol. The number of sulfonamides is 1. The molecule has 4 aromatic rings. The lowest BCUT2D eigenvalue weighted by molar-refractivity contribution is -0.147. The molecule has 1 aromatic carbocycles. The lowest BCUT2D eigenvalue weighted by Gasteiger charge is -2.33. The molecule has 17 heteroatoms. The third kappa shape index (κ3) is 9.12. The van der Waals surface area contributed by atoms with Crippen LogP contribution in [0.2, 0.25) is 0 Å². The Balaban J connectivity index is 1.37. The zero-order chi connectivity index (χ0) is 41.3. The van der Waals surface area contributed by atoms with E-state index in [-0.39, 0.29) is 29.7 Å². The Labute approximate surface area is 331 Å². The van der Waals surface area contributed by atoms with Crippen LogP contribution in [0.1, 0.15) is 84.4 Å². The summed E-state index contributed by atoms with van der Waals surface area (Å²) in [7, 11) is -4.11. The first-order chi connectivity index (χ1) is 26.9. The van der Waals surface area contributed by atoms with E-state index in [1.807, 2.05) is 26.0 Å². The van der Waals surface area contributed by atoms with Crippen LogP contribution < -0.4 is 5.32 Å². The number of carboxylic acid groups (broad SMARTS) is 1. The van der Waals surface area contributed by atoms with Crippen molar-refractivity contribution in [1.82, 2.24) is 28.8 Å². The van der Waals surface area contributed by atoms with E-state index in [2.05, 4.69) is 27.3 Å². The number of carboxylic acids is 1. The molecule has 0 spiro atoms. The van der Waals surface area contributed by atoms with Crippen LogP contribution in [0, 0.1) is 26.2 Å². The number of morpholine rings is 1. The van der Waals surface area contributed by atoms with Gasteiger partial charge in [0.15, 0.2) is 5.65 Å². The van der Waals surface area contributed by atoms with E-state index in [9.17, 15) is 31.5 Å². The van der Waals surface area contributed by atoms with E-state index in [1.54, 1.807) is 32.9 Å². The molecule has 1 fully saturated rings. The first-order valence-electron chi connectivity index (χ1n) is 19.3. The summed E-state index contributed by atoms with van der Waals surface area (Å²) in [6.45, 7) is 15.4. The highest BCUT2D eigenvalue weighted by atomic mass is 32.2. The number of ether oxygens (including phenoxy) is 2. The van der Waals surface area contributed by atoms with Gasteiger partial charge in [0.05, 0.1) is 24.3 Å². The molecule has 0 amide bonds. The van der Waals surface area contributed by atoms with Crippen LogP contribution in [0.5, 0.6) is 0 Å². The molecule has 2 N–H and O–H groups in total. The van der Waals surface area contributed by atoms with E-state index in [4.69, 9.17) is 14.5 Å². The van der Waals surface area contributed by atoms with Gasteiger partial charge in [0.1, 0.15) is 10.7 Å². The minimum absolute atomic E-state index is 0.0194. The number of carbonyl (C=O) groups is 1. The van der Waals surface area contributed by atoms with Crippen LogP contribution in [-0.4, -0.2) is 107 Å². The average Bonchev–Trinajstić information content (AvgIpc) is 3.59. The maximum absolute atomic E-state index is 14.8. The number of halogens is 3. The van der Waals surface area contributed by atoms with Gasteiger partial charge in [-0.1, -0.05) is 18.2 Å². The quantitative estimate of drug-likeness (QED) is 0.194. The largest absolute Gasteiger partial charge is 0.481 e. The minimum atomic E-state index is -4.74. The molecule has 0 bridgehead atoms. The molecule has 1 saturated heterocycles. The van der Waals surface area contributed by atoms with Crippen LogP contribution in [0.4, 0.5) is 19.0 Å². The number of aliphatic carboxylic acids is 1. The molecule has 13 nitrogen and oxygen atoms in total. The predicted molar refractivity (Wildman–Crippen MR) is 208 cm³/mol. The molecule has 2 atom stereocenters. The molecule has 6 rings (SSSR count). The van der Waals surface area contributed by atoms with E-state index >= 15 is 0 Å². The Morgan fingerprint density at radius 1 is 0.965 bits per heavy atom. The standard InChI is InChI=1S/C40H52F3N7O6S/c1-25-10-11-29(34(39(5,6)38(51)52)31-12-14-50-36(28(31)4)46-47-37(50)40(41,42)43)22-30(25)24-49-13-8-18-55-17-7-9-32-33(57(49,53)54)21-26(2)35(45-32)44-27(3)23-48-15-19-56-20-16-48/h10-12,14,21-22,27,34H,7-9,13,15-20,23-24H2,1-6H3,(H,44,45)(H,51,52)/t27?,34-/m1/s1. The van der Waals surface area contributed by atoms with Gasteiger partial charge in [-0.05, 0) is 106 Å². The molecular formula is C40H52F3N7O6S. The smallest absolute Gasteiger partial charge is 0.452 e. The highest BCUT2D eigenvalue weighted by Crippen LogP contribution is 2.44. The highest BCUT2D eigenvalue weighted by Gasteiger charge is 2.42. The number of rotatable bonds is 10. The SMILES string of the molecule is Cc1ccc([C@H](c2ccn3c(C(F)(F)F)nnc3c2C)C(C)(C)C(=O)O)cc1CN1CCCOCCCc2nc(NC(C)CN3CCOCC3)c(C)cc2S1(=O)=O. The van der Waals surface area contributed by atoms with Gasteiger partial charge in [-0.25, -0.2) is 13.4 Å². The van der Waals surface area contributed by atoms with E-state index in [0.717, 1.165) is 29.6 Å². The summed E-state index contributed by atoms with van der Waals surface area (Å²) in [6.07, 6.45) is -2.09. The van der Waals surface area contributed by atoms with Crippen molar-refractivity contribution in [2.24, 2.45) is 5.41 Å². The lowest BCUT2D eigenvalue weighted by Crippen LogP contribution is -2.42. The molecule has 57 heavy (non-hydrogen) atoms. The van der Waals surface area contributed by atoms with Gasteiger partial charge in [-0.3, -0.25) is 14.1 Å². The molecule has 1 unspecified atom stereocenters. The topological polar surface area (TPSA) is 151 Å². The van der Waals surface area contributed by atoms with Crippen molar-refractivity contribution >= 4 is 27.5 Å². The first kappa shape index (κ1) is 42.4. The summed E-state index contributed by atoms with van der Waals surface area (Å²) in [5, 5.41) is 21.2. The average molecular weight is 816 g/mol. The van der Waals surface area contributed by atoms with Gasteiger partial charge < -0.3 is 19.9 Å². The Kier molecular flexibility index (Phi) is 12.6. The van der Waals surface area contributed by atoms with Crippen molar-refractivity contribution in [2.45, 2.75) is 90.4 Å². The van der Waals surface area contributed by atoms with E-state index in [0.29, 0.717) is 85.0 Å². The number of pyridine rings is 2. The lowest BCUT2D eigenvalue weighted by atomic mass is 9.70. The van der Waals surface area contributed by atoms with Crippen LogP contribution >= 0.6 is 0 Å². The maximum atomic E-state index is 14.8. The van der Waals surface area contributed by atoms with Crippen LogP contribution in [0.25, 0.3) is 5.65 Å². The summed E-state index contributed by atoms with van der Waals surface area (Å²) < 4.78 is 84.4. The first-order valence-corrected chi connectivity index (χ1v) is 20.7. The number of hydrogen-bond acceptors (Lipinski definition) is 10. The number of aromatic nitrogens is 4. The normalized spacial score (nSPS) is 18.8. The highest BCUT2D eigenvalue weighted by molar-refractivity contribution is 7.89. The van der Waals surface area contributed by atoms with Crippen molar-refractivity contribution in [1.29, 1.82) is 0 Å². The van der Waals surface area contributed by atoms with Gasteiger partial charge in [-0.15, -0.1) is 10.2 Å². The Morgan fingerprint density at radius 2 is 1.67 bits per heavy atom. The Bertz CT molecular complexity index is 2210. The number of alkyl halides is 3. The van der Waals surface area contributed by atoms with Crippen LogP contribution in [0.15, 0.2) is 41.4 Å². The molecule has 0 saturated carbocycles. The number of aryl methyl sites for hydroxylation is 4. The summed E-state index contributed by atoms with van der Waals surface area (Å²) in [6, 6.07) is 8.65. The number of nitrogens with zero attached hydrogens (tertiary/aromatic N) is 6. The maximum Gasteiger partial charge on any atom is 0.452 e. The van der Waals surface area contributed by atoms with Crippen LogP contribution in [-0.2, 0) is 43.4 Å². The molecule has 0 radical (unpaired) electrons.